The lowest BCUT2D eigenvalue weighted by atomic mass is 10.1. The van der Waals surface area contributed by atoms with Gasteiger partial charge in [0.05, 0.1) is 25.3 Å². The zero-order valence-corrected chi connectivity index (χ0v) is 13.8. The number of morpholine rings is 1. The number of amides is 1. The Bertz CT molecular complexity index is 746. The fraction of sp³-hybridized carbons (Fsp3) is 0.316. The molecule has 0 atom stereocenters. The number of nitrogens with one attached hydrogen (secondary N) is 1. The average Bonchev–Trinajstić information content (AvgIpc) is 2.61. The molecular formula is C19H20F2N2O2. The summed E-state index contributed by atoms with van der Waals surface area (Å²) in [7, 11) is 0. The molecule has 0 spiro atoms. The van der Waals surface area contributed by atoms with E-state index in [1.54, 1.807) is 24.3 Å². The molecule has 2 aromatic carbocycles. The minimum Gasteiger partial charge on any atom is -0.378 e. The third kappa shape index (κ3) is 4.76. The molecule has 0 saturated carbocycles. The van der Waals surface area contributed by atoms with Gasteiger partial charge in [0.15, 0.2) is 0 Å². The summed E-state index contributed by atoms with van der Waals surface area (Å²) in [5, 5.41) is 2.73. The van der Waals surface area contributed by atoms with E-state index >= 15 is 0 Å². The van der Waals surface area contributed by atoms with Gasteiger partial charge in [0.25, 0.3) is 0 Å². The molecule has 1 heterocycles. The number of nitrogens with zero attached hydrogens (tertiary/aromatic N) is 1. The molecule has 3 rings (SSSR count). The Kier molecular flexibility index (Phi) is 5.60. The van der Waals surface area contributed by atoms with Gasteiger partial charge in [0.1, 0.15) is 11.6 Å². The number of halogens is 2. The lowest BCUT2D eigenvalue weighted by molar-refractivity contribution is -0.120. The first-order valence-corrected chi connectivity index (χ1v) is 8.24. The Morgan fingerprint density at radius 1 is 1.08 bits per heavy atom. The van der Waals surface area contributed by atoms with Crippen molar-refractivity contribution in [3.63, 3.8) is 0 Å². The zero-order chi connectivity index (χ0) is 17.6. The number of rotatable bonds is 5. The van der Waals surface area contributed by atoms with Gasteiger partial charge in [0, 0.05) is 19.6 Å². The van der Waals surface area contributed by atoms with Gasteiger partial charge in [-0.3, -0.25) is 4.79 Å². The van der Waals surface area contributed by atoms with Crippen molar-refractivity contribution in [1.82, 2.24) is 5.32 Å². The van der Waals surface area contributed by atoms with Crippen LogP contribution in [0.4, 0.5) is 14.5 Å². The van der Waals surface area contributed by atoms with Crippen LogP contribution in [0.5, 0.6) is 0 Å². The maximum atomic E-state index is 14.3. The Hall–Kier alpha value is -2.47. The van der Waals surface area contributed by atoms with Crippen molar-refractivity contribution in [2.75, 3.05) is 31.2 Å². The second-order valence-electron chi connectivity index (χ2n) is 5.97. The summed E-state index contributed by atoms with van der Waals surface area (Å²) in [5.41, 5.74) is 1.84. The van der Waals surface area contributed by atoms with E-state index in [9.17, 15) is 13.6 Å². The van der Waals surface area contributed by atoms with Crippen LogP contribution in [0.1, 0.15) is 11.1 Å². The van der Waals surface area contributed by atoms with E-state index in [0.717, 1.165) is 0 Å². The molecule has 0 aromatic heterocycles. The zero-order valence-electron chi connectivity index (χ0n) is 13.8. The number of benzene rings is 2. The first-order valence-electron chi connectivity index (χ1n) is 8.24. The minimum atomic E-state index is -0.369. The van der Waals surface area contributed by atoms with Gasteiger partial charge in [-0.2, -0.15) is 0 Å². The maximum absolute atomic E-state index is 14.3. The topological polar surface area (TPSA) is 41.6 Å². The summed E-state index contributed by atoms with van der Waals surface area (Å²) in [6.45, 7) is 2.75. The lowest BCUT2D eigenvalue weighted by Gasteiger charge is -2.29. The Labute approximate surface area is 145 Å². The van der Waals surface area contributed by atoms with Crippen LogP contribution in [-0.2, 0) is 22.5 Å². The predicted molar refractivity (Wildman–Crippen MR) is 91.4 cm³/mol. The van der Waals surface area contributed by atoms with Crippen LogP contribution >= 0.6 is 0 Å². The van der Waals surface area contributed by atoms with Crippen molar-refractivity contribution in [3.8, 4) is 0 Å². The highest BCUT2D eigenvalue weighted by Crippen LogP contribution is 2.21. The van der Waals surface area contributed by atoms with Gasteiger partial charge >= 0.3 is 0 Å². The molecule has 4 nitrogen and oxygen atoms in total. The largest absolute Gasteiger partial charge is 0.378 e. The Morgan fingerprint density at radius 2 is 1.88 bits per heavy atom. The molecular weight excluding hydrogens is 326 g/mol. The number of hydrogen-bond donors (Lipinski definition) is 1. The number of carbonyl (C=O) groups excluding carboxylic acids is 1. The maximum Gasteiger partial charge on any atom is 0.224 e. The molecule has 1 N–H and O–H groups in total. The molecule has 0 aliphatic carbocycles. The van der Waals surface area contributed by atoms with Crippen LogP contribution in [-0.4, -0.2) is 32.2 Å². The quantitative estimate of drug-likeness (QED) is 0.905. The SMILES string of the molecule is O=C(Cc1cccc(F)c1)NCc1ccc(N2CCOCC2)c(F)c1. The number of anilines is 1. The molecule has 6 heteroatoms. The van der Waals surface area contributed by atoms with E-state index in [1.807, 2.05) is 4.90 Å². The van der Waals surface area contributed by atoms with E-state index in [4.69, 9.17) is 4.74 Å². The summed E-state index contributed by atoms with van der Waals surface area (Å²) >= 11 is 0. The normalized spacial score (nSPS) is 14.4. The second-order valence-corrected chi connectivity index (χ2v) is 5.97. The molecule has 1 aliphatic rings. The minimum absolute atomic E-state index is 0.0894. The smallest absolute Gasteiger partial charge is 0.224 e. The Balaban J connectivity index is 1.56. The van der Waals surface area contributed by atoms with Gasteiger partial charge in [0.2, 0.25) is 5.91 Å². The molecule has 1 fully saturated rings. The number of ether oxygens (including phenoxy) is 1. The van der Waals surface area contributed by atoms with Crippen molar-refractivity contribution in [2.24, 2.45) is 0 Å². The summed E-state index contributed by atoms with van der Waals surface area (Å²) in [4.78, 5) is 13.9. The molecule has 1 aliphatic heterocycles. The van der Waals surface area contributed by atoms with Crippen LogP contribution in [0.3, 0.4) is 0 Å². The van der Waals surface area contributed by atoms with E-state index < -0.39 is 0 Å². The van der Waals surface area contributed by atoms with Gasteiger partial charge in [-0.05, 0) is 35.4 Å². The second kappa shape index (κ2) is 8.07. The first-order chi connectivity index (χ1) is 12.1. The van der Waals surface area contributed by atoms with Crippen LogP contribution in [0.25, 0.3) is 0 Å². The van der Waals surface area contributed by atoms with E-state index in [-0.39, 0.29) is 30.5 Å². The lowest BCUT2D eigenvalue weighted by Crippen LogP contribution is -2.36. The van der Waals surface area contributed by atoms with E-state index in [2.05, 4.69) is 5.32 Å². The number of hydrogen-bond acceptors (Lipinski definition) is 3. The molecule has 1 amide bonds. The van der Waals surface area contributed by atoms with Gasteiger partial charge in [-0.1, -0.05) is 18.2 Å². The predicted octanol–water partition coefficient (Wildman–Crippen LogP) is 2.66. The van der Waals surface area contributed by atoms with Crippen LogP contribution in [0, 0.1) is 11.6 Å². The highest BCUT2D eigenvalue weighted by molar-refractivity contribution is 5.78. The fourth-order valence-electron chi connectivity index (χ4n) is 2.82. The molecule has 132 valence electrons. The molecule has 1 saturated heterocycles. The van der Waals surface area contributed by atoms with Crippen molar-refractivity contribution in [3.05, 3.63) is 65.2 Å². The molecule has 0 unspecified atom stereocenters. The number of carbonyl (C=O) groups is 1. The summed E-state index contributed by atoms with van der Waals surface area (Å²) in [6, 6.07) is 10.9. The summed E-state index contributed by atoms with van der Waals surface area (Å²) in [5.74, 6) is -0.909. The van der Waals surface area contributed by atoms with Crippen molar-refractivity contribution in [2.45, 2.75) is 13.0 Å². The molecule has 0 radical (unpaired) electrons. The molecule has 0 bridgehead atoms. The third-order valence-electron chi connectivity index (χ3n) is 4.11. The highest BCUT2D eigenvalue weighted by atomic mass is 19.1. The standard InChI is InChI=1S/C19H20F2N2O2/c20-16-3-1-2-14(10-16)12-19(24)22-13-15-4-5-18(17(21)11-15)23-6-8-25-9-7-23/h1-5,10-11H,6-9,12-13H2,(H,22,24). The van der Waals surface area contributed by atoms with E-state index in [1.165, 1.54) is 18.2 Å². The van der Waals surface area contributed by atoms with E-state index in [0.29, 0.717) is 43.1 Å². The summed E-state index contributed by atoms with van der Waals surface area (Å²) < 4.78 is 32.7. The Morgan fingerprint density at radius 3 is 2.60 bits per heavy atom. The van der Waals surface area contributed by atoms with Crippen LogP contribution in [0.2, 0.25) is 0 Å². The van der Waals surface area contributed by atoms with Crippen LogP contribution in [0.15, 0.2) is 42.5 Å². The van der Waals surface area contributed by atoms with Crippen molar-refractivity contribution < 1.29 is 18.3 Å². The average molecular weight is 346 g/mol. The van der Waals surface area contributed by atoms with Gasteiger partial charge in [-0.25, -0.2) is 8.78 Å². The third-order valence-corrected chi connectivity index (χ3v) is 4.11. The van der Waals surface area contributed by atoms with Gasteiger partial charge < -0.3 is 15.0 Å². The van der Waals surface area contributed by atoms with Crippen molar-refractivity contribution in [1.29, 1.82) is 0 Å². The molecule has 2 aromatic rings. The van der Waals surface area contributed by atoms with Crippen molar-refractivity contribution >= 4 is 11.6 Å². The fourth-order valence-corrected chi connectivity index (χ4v) is 2.82. The van der Waals surface area contributed by atoms with Crippen LogP contribution < -0.4 is 10.2 Å². The van der Waals surface area contributed by atoms with Gasteiger partial charge in [-0.15, -0.1) is 0 Å². The highest BCUT2D eigenvalue weighted by Gasteiger charge is 2.15. The summed E-state index contributed by atoms with van der Waals surface area (Å²) in [6.07, 6.45) is 0.0894. The monoisotopic (exact) mass is 346 g/mol. The molecule has 25 heavy (non-hydrogen) atoms. The first kappa shape index (κ1) is 17.4.